The zero-order chi connectivity index (χ0) is 23.5. The van der Waals surface area contributed by atoms with Crippen LogP contribution in [-0.2, 0) is 4.74 Å². The standard InChI is InChI=1S/C23H35N5O4/c1-14-7-6-8-16(13-14)15(2)24-19-26-20(29)28(21(30)27-19)18-11-9-17(10-12-18)25-22(31)32-23(3,4)5/h6-8,13,15,17-19,24H,9-12H2,1-5H3,(H,25,31)(H,26,29)(H,27,30)/t15-,17?,18?/m0/s1. The Morgan fingerprint density at radius 3 is 2.31 bits per heavy atom. The van der Waals surface area contributed by atoms with E-state index in [9.17, 15) is 14.4 Å². The summed E-state index contributed by atoms with van der Waals surface area (Å²) in [7, 11) is 0. The number of urea groups is 2. The molecule has 5 amide bonds. The van der Waals surface area contributed by atoms with Crippen LogP contribution in [-0.4, -0.2) is 47.0 Å². The van der Waals surface area contributed by atoms with Crippen LogP contribution in [0, 0.1) is 6.92 Å². The molecule has 1 aliphatic carbocycles. The number of nitrogens with one attached hydrogen (secondary N) is 4. The van der Waals surface area contributed by atoms with E-state index >= 15 is 0 Å². The quantitative estimate of drug-likeness (QED) is 0.554. The topological polar surface area (TPSA) is 112 Å². The number of benzene rings is 1. The number of alkyl carbamates (subject to hydrolysis) is 1. The summed E-state index contributed by atoms with van der Waals surface area (Å²) < 4.78 is 5.30. The minimum absolute atomic E-state index is 0.0263. The second kappa shape index (κ2) is 9.77. The van der Waals surface area contributed by atoms with Crippen molar-refractivity contribution in [2.45, 2.75) is 90.3 Å². The SMILES string of the molecule is Cc1cccc([C@H](C)NC2NC(=O)N(C3CCC(NC(=O)OC(C)(C)C)CC3)C(=O)N2)c1. The Balaban J connectivity index is 1.49. The summed E-state index contributed by atoms with van der Waals surface area (Å²) >= 11 is 0. The van der Waals surface area contributed by atoms with Crippen molar-refractivity contribution in [3.05, 3.63) is 35.4 Å². The molecule has 3 rings (SSSR count). The molecule has 0 bridgehead atoms. The van der Waals surface area contributed by atoms with E-state index in [0.717, 1.165) is 11.1 Å². The van der Waals surface area contributed by atoms with Crippen LogP contribution in [0.5, 0.6) is 0 Å². The fraction of sp³-hybridized carbons (Fsp3) is 0.609. The number of carbonyl (C=O) groups excluding carboxylic acids is 3. The third-order valence-corrected chi connectivity index (χ3v) is 5.71. The van der Waals surface area contributed by atoms with E-state index in [1.165, 1.54) is 4.90 Å². The van der Waals surface area contributed by atoms with Crippen LogP contribution in [0.3, 0.4) is 0 Å². The maximum atomic E-state index is 12.7. The van der Waals surface area contributed by atoms with Gasteiger partial charge in [0.05, 0.1) is 0 Å². The Morgan fingerprint density at radius 1 is 1.12 bits per heavy atom. The molecule has 2 fully saturated rings. The minimum atomic E-state index is -0.646. The summed E-state index contributed by atoms with van der Waals surface area (Å²) in [5.41, 5.74) is 1.68. The second-order valence-corrected chi connectivity index (χ2v) is 9.66. The zero-order valence-corrected chi connectivity index (χ0v) is 19.5. The molecule has 0 unspecified atom stereocenters. The van der Waals surface area contributed by atoms with Crippen molar-refractivity contribution in [3.8, 4) is 0 Å². The zero-order valence-electron chi connectivity index (χ0n) is 19.5. The van der Waals surface area contributed by atoms with Gasteiger partial charge < -0.3 is 20.7 Å². The molecule has 32 heavy (non-hydrogen) atoms. The largest absolute Gasteiger partial charge is 0.444 e. The number of imide groups is 1. The molecule has 0 spiro atoms. The van der Waals surface area contributed by atoms with E-state index in [2.05, 4.69) is 27.3 Å². The van der Waals surface area contributed by atoms with Crippen molar-refractivity contribution in [1.29, 1.82) is 0 Å². The molecule has 1 heterocycles. The van der Waals surface area contributed by atoms with Gasteiger partial charge in [0.2, 0.25) is 0 Å². The highest BCUT2D eigenvalue weighted by molar-refractivity contribution is 5.96. The molecule has 4 N–H and O–H groups in total. The van der Waals surface area contributed by atoms with Crippen molar-refractivity contribution in [3.63, 3.8) is 0 Å². The van der Waals surface area contributed by atoms with Gasteiger partial charge in [-0.05, 0) is 65.9 Å². The molecule has 176 valence electrons. The van der Waals surface area contributed by atoms with Crippen LogP contribution in [0.4, 0.5) is 14.4 Å². The summed E-state index contributed by atoms with van der Waals surface area (Å²) in [5, 5.41) is 11.8. The van der Waals surface area contributed by atoms with E-state index in [0.29, 0.717) is 25.7 Å². The van der Waals surface area contributed by atoms with Crippen molar-refractivity contribution in [2.75, 3.05) is 0 Å². The van der Waals surface area contributed by atoms with Gasteiger partial charge in [-0.25, -0.2) is 19.3 Å². The van der Waals surface area contributed by atoms with E-state index in [4.69, 9.17) is 4.74 Å². The molecular formula is C23H35N5O4. The molecule has 1 aromatic rings. The predicted octanol–water partition coefficient (Wildman–Crippen LogP) is 3.50. The number of nitrogens with zero attached hydrogens (tertiary/aromatic N) is 1. The molecule has 1 aliphatic heterocycles. The third kappa shape index (κ3) is 6.35. The highest BCUT2D eigenvalue weighted by atomic mass is 16.6. The molecule has 1 saturated heterocycles. The van der Waals surface area contributed by atoms with Gasteiger partial charge in [-0.3, -0.25) is 5.32 Å². The molecule has 9 heteroatoms. The summed E-state index contributed by atoms with van der Waals surface area (Å²) in [6.07, 6.45) is 1.51. The lowest BCUT2D eigenvalue weighted by atomic mass is 9.90. The van der Waals surface area contributed by atoms with Gasteiger partial charge in [0.25, 0.3) is 0 Å². The van der Waals surface area contributed by atoms with E-state index in [1.807, 2.05) is 52.8 Å². The highest BCUT2D eigenvalue weighted by Crippen LogP contribution is 2.25. The van der Waals surface area contributed by atoms with Gasteiger partial charge >= 0.3 is 18.2 Å². The number of ether oxygens (including phenoxy) is 1. The van der Waals surface area contributed by atoms with Gasteiger partial charge in [0, 0.05) is 18.1 Å². The monoisotopic (exact) mass is 445 g/mol. The van der Waals surface area contributed by atoms with Gasteiger partial charge in [-0.2, -0.15) is 0 Å². The van der Waals surface area contributed by atoms with Crippen LogP contribution >= 0.6 is 0 Å². The summed E-state index contributed by atoms with van der Waals surface area (Å²) in [5.74, 6) is 0. The number of amides is 5. The number of hydrogen-bond acceptors (Lipinski definition) is 5. The van der Waals surface area contributed by atoms with Crippen molar-refractivity contribution in [2.24, 2.45) is 0 Å². The third-order valence-electron chi connectivity index (χ3n) is 5.71. The first kappa shape index (κ1) is 23.8. The first-order valence-electron chi connectivity index (χ1n) is 11.2. The fourth-order valence-corrected chi connectivity index (χ4v) is 4.17. The Kier molecular flexibility index (Phi) is 7.28. The molecule has 2 aliphatic rings. The average Bonchev–Trinajstić information content (AvgIpc) is 2.67. The molecule has 1 atom stereocenters. The van der Waals surface area contributed by atoms with E-state index < -0.39 is 30.0 Å². The lowest BCUT2D eigenvalue weighted by Gasteiger charge is -2.40. The van der Waals surface area contributed by atoms with Crippen molar-refractivity contribution < 1.29 is 19.1 Å². The molecule has 1 aromatic carbocycles. The van der Waals surface area contributed by atoms with Gasteiger partial charge in [0.1, 0.15) is 5.60 Å². The minimum Gasteiger partial charge on any atom is -0.444 e. The number of carbonyl (C=O) groups is 3. The lowest BCUT2D eigenvalue weighted by molar-refractivity contribution is 0.0480. The normalized spacial score (nSPS) is 23.2. The van der Waals surface area contributed by atoms with Crippen LogP contribution in [0.15, 0.2) is 24.3 Å². The van der Waals surface area contributed by atoms with Gasteiger partial charge in [0.15, 0.2) is 6.29 Å². The van der Waals surface area contributed by atoms with Crippen LogP contribution in [0.2, 0.25) is 0 Å². The van der Waals surface area contributed by atoms with E-state index in [-0.39, 0.29) is 18.1 Å². The van der Waals surface area contributed by atoms with E-state index in [1.54, 1.807) is 0 Å². The van der Waals surface area contributed by atoms with Crippen LogP contribution < -0.4 is 21.3 Å². The number of rotatable bonds is 5. The Hall–Kier alpha value is -2.81. The smallest absolute Gasteiger partial charge is 0.407 e. The number of aryl methyl sites for hydroxylation is 1. The highest BCUT2D eigenvalue weighted by Gasteiger charge is 2.38. The Morgan fingerprint density at radius 2 is 1.75 bits per heavy atom. The maximum Gasteiger partial charge on any atom is 0.407 e. The first-order chi connectivity index (χ1) is 15.0. The van der Waals surface area contributed by atoms with Crippen molar-refractivity contribution >= 4 is 18.2 Å². The second-order valence-electron chi connectivity index (χ2n) is 9.66. The van der Waals surface area contributed by atoms with Crippen molar-refractivity contribution in [1.82, 2.24) is 26.2 Å². The van der Waals surface area contributed by atoms with Gasteiger partial charge in [-0.1, -0.05) is 29.8 Å². The molecule has 9 nitrogen and oxygen atoms in total. The molecule has 0 aromatic heterocycles. The first-order valence-corrected chi connectivity index (χ1v) is 11.2. The number of hydrogen-bond donors (Lipinski definition) is 4. The fourth-order valence-electron chi connectivity index (χ4n) is 4.17. The van der Waals surface area contributed by atoms with Crippen LogP contribution in [0.1, 0.15) is 70.5 Å². The molecular weight excluding hydrogens is 410 g/mol. The summed E-state index contributed by atoms with van der Waals surface area (Å²) in [6.45, 7) is 9.47. The molecule has 1 saturated carbocycles. The predicted molar refractivity (Wildman–Crippen MR) is 121 cm³/mol. The van der Waals surface area contributed by atoms with Gasteiger partial charge in [-0.15, -0.1) is 0 Å². The summed E-state index contributed by atoms with van der Waals surface area (Å²) in [6, 6.07) is 6.97. The molecule has 0 radical (unpaired) electrons. The Labute approximate surface area is 189 Å². The summed E-state index contributed by atoms with van der Waals surface area (Å²) in [4.78, 5) is 38.7. The lowest BCUT2D eigenvalue weighted by Crippen LogP contribution is -2.70. The van der Waals surface area contributed by atoms with Crippen LogP contribution in [0.25, 0.3) is 0 Å². The average molecular weight is 446 g/mol. The Bertz CT molecular complexity index is 827. The maximum absolute atomic E-state index is 12.7.